The quantitative estimate of drug-likeness (QED) is 0.175. The maximum absolute atomic E-state index is 14.9. The number of benzene rings is 2. The number of ether oxygens (including phenoxy) is 2. The molecule has 3 atom stereocenters. The molecule has 2 aliphatic heterocycles. The second kappa shape index (κ2) is 10.1. The van der Waals surface area contributed by atoms with Crippen LogP contribution in [0.15, 0.2) is 73.1 Å². The van der Waals surface area contributed by atoms with Crippen LogP contribution in [-0.4, -0.2) is 51.7 Å². The Labute approximate surface area is 225 Å². The van der Waals surface area contributed by atoms with Crippen LogP contribution in [0.1, 0.15) is 17.9 Å². The summed E-state index contributed by atoms with van der Waals surface area (Å²) in [5.41, 5.74) is -3.92. The second-order valence-electron chi connectivity index (χ2n) is 9.54. The predicted molar refractivity (Wildman–Crippen MR) is 133 cm³/mol. The Kier molecular flexibility index (Phi) is 6.90. The number of carbonyl (C=O) groups excluding carboxylic acids is 1. The molecule has 0 aromatic heterocycles. The van der Waals surface area contributed by atoms with Crippen LogP contribution in [-0.2, 0) is 20.8 Å². The summed E-state index contributed by atoms with van der Waals surface area (Å²) in [6.07, 6.45) is -0.253. The Morgan fingerprint density at radius 1 is 1.05 bits per heavy atom. The number of hydrogen-bond donors (Lipinski definition) is 0. The summed E-state index contributed by atoms with van der Waals surface area (Å²) >= 11 is 0. The van der Waals surface area contributed by atoms with E-state index in [4.69, 9.17) is 9.47 Å². The van der Waals surface area contributed by atoms with Crippen LogP contribution in [0.5, 0.6) is 0 Å². The van der Waals surface area contributed by atoms with E-state index in [-0.39, 0.29) is 29.3 Å². The molecule has 2 heterocycles. The molecule has 0 radical (unpaired) electrons. The highest BCUT2D eigenvalue weighted by Crippen LogP contribution is 2.58. The maximum atomic E-state index is 14.9. The molecule has 0 spiro atoms. The average Bonchev–Trinajstić information content (AvgIpc) is 3.37. The number of imidazole rings is 1. The van der Waals surface area contributed by atoms with Gasteiger partial charge in [0.15, 0.2) is 22.9 Å². The minimum absolute atomic E-state index is 0.0713. The van der Waals surface area contributed by atoms with Crippen molar-refractivity contribution in [3.8, 4) is 22.8 Å². The number of alkyl halides is 3. The molecule has 0 saturated carbocycles. The summed E-state index contributed by atoms with van der Waals surface area (Å²) in [5.74, 6) is -5.04. The molecule has 1 aliphatic carbocycles. The lowest BCUT2D eigenvalue weighted by molar-refractivity contribution is -0.252. The summed E-state index contributed by atoms with van der Waals surface area (Å²) in [5, 5.41) is 4.23. The number of nitrogens with zero attached hydrogens (tertiary/aromatic N) is 4. The van der Waals surface area contributed by atoms with Crippen molar-refractivity contribution in [1.29, 1.82) is 0 Å². The zero-order chi connectivity index (χ0) is 28.7. The molecule has 7 nitrogen and oxygen atoms in total. The van der Waals surface area contributed by atoms with Gasteiger partial charge in [0.05, 0.1) is 31.6 Å². The molecule has 3 unspecified atom stereocenters. The van der Waals surface area contributed by atoms with Crippen molar-refractivity contribution < 1.29 is 36.2 Å². The molecular formula is C28H23F5N4O3. The minimum atomic E-state index is -5.00. The molecule has 0 saturated heterocycles. The van der Waals surface area contributed by atoms with Crippen molar-refractivity contribution in [2.45, 2.75) is 30.7 Å². The van der Waals surface area contributed by atoms with Crippen LogP contribution in [0.25, 0.3) is 22.8 Å². The first-order valence-corrected chi connectivity index (χ1v) is 12.1. The van der Waals surface area contributed by atoms with Gasteiger partial charge in [0.1, 0.15) is 17.0 Å². The highest BCUT2D eigenvalue weighted by molar-refractivity contribution is 5.80. The number of methoxy groups -OCH3 is 2. The molecule has 12 heteroatoms. The van der Waals surface area contributed by atoms with E-state index in [1.165, 1.54) is 60.6 Å². The standard InChI is InChI=1S/C28H23F5N4O3/c1-39-25(38)27(28(31,32)33)15-26(40-2,12-11-19(27)17-7-4-3-5-8-17)16-37-14-22-21(13-34-37)35-24(36-22)18-9-6-10-20(29)23(18)30/h3-14,19H,15-16H2,1-2H3. The van der Waals surface area contributed by atoms with E-state index in [2.05, 4.69) is 15.1 Å². The Morgan fingerprint density at radius 2 is 1.77 bits per heavy atom. The maximum Gasteiger partial charge on any atom is 0.405 e. The van der Waals surface area contributed by atoms with E-state index in [9.17, 15) is 26.7 Å². The fourth-order valence-corrected chi connectivity index (χ4v) is 5.24. The molecular weight excluding hydrogens is 535 g/mol. The van der Waals surface area contributed by atoms with E-state index >= 15 is 0 Å². The number of aromatic nitrogens is 4. The fourth-order valence-electron chi connectivity index (χ4n) is 5.24. The predicted octanol–water partition coefficient (Wildman–Crippen LogP) is 5.57. The molecule has 0 amide bonds. The summed E-state index contributed by atoms with van der Waals surface area (Å²) in [7, 11) is 2.17. The van der Waals surface area contributed by atoms with Gasteiger partial charge in [-0.1, -0.05) is 48.6 Å². The summed E-state index contributed by atoms with van der Waals surface area (Å²) in [6, 6.07) is 11.5. The lowest BCUT2D eigenvalue weighted by atomic mass is 9.61. The van der Waals surface area contributed by atoms with Gasteiger partial charge in [0, 0.05) is 19.4 Å². The van der Waals surface area contributed by atoms with Crippen molar-refractivity contribution in [1.82, 2.24) is 19.7 Å². The molecule has 40 heavy (non-hydrogen) atoms. The SMILES string of the molecule is COC(=O)C1(C(F)(F)F)CC(Cn2cc3nc(-c4cccc(F)c4F)nc-3cn2)(OC)C=CC1c1ccccc1. The largest absolute Gasteiger partial charge is 0.468 e. The number of rotatable bonds is 6. The van der Waals surface area contributed by atoms with Gasteiger partial charge in [-0.05, 0) is 17.7 Å². The zero-order valence-electron chi connectivity index (χ0n) is 21.3. The van der Waals surface area contributed by atoms with Gasteiger partial charge in [-0.2, -0.15) is 18.3 Å². The molecule has 0 bridgehead atoms. The topological polar surface area (TPSA) is 79.1 Å². The molecule has 3 aliphatic rings. The number of allylic oxidation sites excluding steroid dienone is 1. The monoisotopic (exact) mass is 558 g/mol. The molecule has 5 rings (SSSR count). The summed E-state index contributed by atoms with van der Waals surface area (Å²) in [6.45, 7) is -0.233. The van der Waals surface area contributed by atoms with Gasteiger partial charge in [-0.25, -0.2) is 18.7 Å². The van der Waals surface area contributed by atoms with Crippen LogP contribution in [0.2, 0.25) is 0 Å². The van der Waals surface area contributed by atoms with Crippen molar-refractivity contribution >= 4 is 5.97 Å². The van der Waals surface area contributed by atoms with Gasteiger partial charge < -0.3 is 9.47 Å². The normalized spacial score (nSPS) is 22.9. The van der Waals surface area contributed by atoms with E-state index in [1.807, 2.05) is 0 Å². The Bertz CT molecular complexity index is 1540. The minimum Gasteiger partial charge on any atom is -0.468 e. The number of fused-ring (bicyclic) bond motifs is 1. The number of esters is 1. The van der Waals surface area contributed by atoms with Crippen LogP contribution in [0.3, 0.4) is 0 Å². The fraction of sp³-hybridized carbons (Fsp3) is 0.286. The molecule has 2 aromatic rings. The summed E-state index contributed by atoms with van der Waals surface area (Å²) in [4.78, 5) is 21.5. The van der Waals surface area contributed by atoms with E-state index in [1.54, 1.807) is 18.2 Å². The van der Waals surface area contributed by atoms with Crippen molar-refractivity contribution in [3.63, 3.8) is 0 Å². The van der Waals surface area contributed by atoms with Crippen LogP contribution < -0.4 is 0 Å². The molecule has 0 N–H and O–H groups in total. The van der Waals surface area contributed by atoms with Crippen molar-refractivity contribution in [2.24, 2.45) is 5.41 Å². The third kappa shape index (κ3) is 4.51. The van der Waals surface area contributed by atoms with Crippen LogP contribution in [0, 0.1) is 17.0 Å². The first-order valence-electron chi connectivity index (χ1n) is 12.1. The zero-order valence-corrected chi connectivity index (χ0v) is 21.3. The molecule has 208 valence electrons. The Morgan fingerprint density at radius 3 is 2.45 bits per heavy atom. The third-order valence-electron chi connectivity index (χ3n) is 7.26. The highest BCUT2D eigenvalue weighted by Gasteiger charge is 2.69. The smallest absolute Gasteiger partial charge is 0.405 e. The van der Waals surface area contributed by atoms with Gasteiger partial charge in [0.2, 0.25) is 0 Å². The number of halogens is 5. The van der Waals surface area contributed by atoms with Gasteiger partial charge >= 0.3 is 12.1 Å². The Hall–Kier alpha value is -4.19. The van der Waals surface area contributed by atoms with E-state index < -0.39 is 47.1 Å². The van der Waals surface area contributed by atoms with Crippen molar-refractivity contribution in [2.75, 3.05) is 14.2 Å². The number of hydrogen-bond acceptors (Lipinski definition) is 6. The highest BCUT2D eigenvalue weighted by atomic mass is 19.4. The number of carbonyl (C=O) groups is 1. The van der Waals surface area contributed by atoms with Crippen LogP contribution >= 0.6 is 0 Å². The second-order valence-corrected chi connectivity index (χ2v) is 9.54. The Balaban J connectivity index is 1.56. The lowest BCUT2D eigenvalue weighted by Gasteiger charge is -2.47. The average molecular weight is 559 g/mol. The first-order chi connectivity index (χ1) is 19.0. The first kappa shape index (κ1) is 27.4. The summed E-state index contributed by atoms with van der Waals surface area (Å²) < 4.78 is 84.5. The van der Waals surface area contributed by atoms with Gasteiger partial charge in [-0.3, -0.25) is 9.48 Å². The van der Waals surface area contributed by atoms with Gasteiger partial charge in [0.25, 0.3) is 0 Å². The van der Waals surface area contributed by atoms with E-state index in [0.29, 0.717) is 5.56 Å². The lowest BCUT2D eigenvalue weighted by Crippen LogP contribution is -2.57. The molecule has 2 aromatic carbocycles. The van der Waals surface area contributed by atoms with Gasteiger partial charge in [-0.15, -0.1) is 0 Å². The van der Waals surface area contributed by atoms with Crippen molar-refractivity contribution in [3.05, 3.63) is 90.3 Å². The van der Waals surface area contributed by atoms with Crippen LogP contribution in [0.4, 0.5) is 22.0 Å². The third-order valence-corrected chi connectivity index (χ3v) is 7.26. The van der Waals surface area contributed by atoms with E-state index in [0.717, 1.165) is 13.2 Å². The molecule has 0 fully saturated rings.